The van der Waals surface area contributed by atoms with E-state index in [1.54, 1.807) is 18.3 Å². The number of hydrogen-bond donors (Lipinski definition) is 3. The SMILES string of the molecule is CCCC(C)C=N/C(C(=O)NCc1ccc(F)cc1)=C(/O)C(C)=N. The minimum atomic E-state index is -0.580. The molecule has 0 aliphatic rings. The predicted octanol–water partition coefficient (Wildman–Crippen LogP) is 3.76. The Bertz CT molecular complexity index is 636. The number of rotatable bonds is 8. The summed E-state index contributed by atoms with van der Waals surface area (Å²) in [6.07, 6.45) is 3.51. The molecule has 1 unspecified atom stereocenters. The lowest BCUT2D eigenvalue weighted by molar-refractivity contribution is -0.117. The Morgan fingerprint density at radius 2 is 2.04 bits per heavy atom. The number of nitrogens with one attached hydrogen (secondary N) is 2. The summed E-state index contributed by atoms with van der Waals surface area (Å²) in [5.41, 5.74) is 0.397. The Labute approximate surface area is 141 Å². The Morgan fingerprint density at radius 1 is 1.42 bits per heavy atom. The summed E-state index contributed by atoms with van der Waals surface area (Å²) in [5, 5.41) is 20.1. The average Bonchev–Trinajstić information content (AvgIpc) is 2.54. The van der Waals surface area contributed by atoms with Gasteiger partial charge in [0, 0.05) is 12.8 Å². The largest absolute Gasteiger partial charge is 0.504 e. The van der Waals surface area contributed by atoms with E-state index in [-0.39, 0.29) is 29.7 Å². The number of nitrogens with zero attached hydrogens (tertiary/aromatic N) is 1. The molecule has 0 saturated carbocycles. The molecule has 1 atom stereocenters. The molecule has 5 nitrogen and oxygen atoms in total. The molecular formula is C18H24FN3O2. The van der Waals surface area contributed by atoms with E-state index in [1.165, 1.54) is 19.1 Å². The van der Waals surface area contributed by atoms with Gasteiger partial charge in [0.25, 0.3) is 5.91 Å². The van der Waals surface area contributed by atoms with E-state index in [2.05, 4.69) is 17.2 Å². The Balaban J connectivity index is 2.86. The predicted molar refractivity (Wildman–Crippen MR) is 93.9 cm³/mol. The van der Waals surface area contributed by atoms with Crippen LogP contribution in [0.15, 0.2) is 40.7 Å². The molecule has 1 amide bonds. The standard InChI is InChI=1S/C18H24FN3O2/c1-4-5-12(2)10-21-16(17(23)13(3)20)18(24)22-11-14-6-8-15(19)9-7-14/h6-10,12,20,23H,4-5,11H2,1-3H3,(H,22,24)/b17-16+,20-13?,21-10?. The van der Waals surface area contributed by atoms with Gasteiger partial charge in [-0.2, -0.15) is 0 Å². The topological polar surface area (TPSA) is 85.5 Å². The normalized spacial score (nSPS) is 13.5. The fourth-order valence-corrected chi connectivity index (χ4v) is 2.00. The lowest BCUT2D eigenvalue weighted by atomic mass is 10.1. The molecule has 0 bridgehead atoms. The Kier molecular flexibility index (Phi) is 7.82. The second-order valence-corrected chi connectivity index (χ2v) is 5.68. The van der Waals surface area contributed by atoms with Crippen molar-refractivity contribution in [2.75, 3.05) is 0 Å². The van der Waals surface area contributed by atoms with Gasteiger partial charge in [-0.3, -0.25) is 9.79 Å². The summed E-state index contributed by atoms with van der Waals surface area (Å²) >= 11 is 0. The lowest BCUT2D eigenvalue weighted by Gasteiger charge is -2.09. The molecule has 6 heteroatoms. The van der Waals surface area contributed by atoms with Crippen LogP contribution >= 0.6 is 0 Å². The average molecular weight is 333 g/mol. The van der Waals surface area contributed by atoms with Crippen molar-refractivity contribution in [3.63, 3.8) is 0 Å². The van der Waals surface area contributed by atoms with Crippen LogP contribution in [-0.4, -0.2) is 22.9 Å². The van der Waals surface area contributed by atoms with E-state index in [0.717, 1.165) is 18.4 Å². The van der Waals surface area contributed by atoms with Crippen molar-refractivity contribution >= 4 is 17.8 Å². The summed E-state index contributed by atoms with van der Waals surface area (Å²) in [4.78, 5) is 16.4. The highest BCUT2D eigenvalue weighted by molar-refractivity contribution is 6.04. The van der Waals surface area contributed by atoms with E-state index in [0.29, 0.717) is 0 Å². The second-order valence-electron chi connectivity index (χ2n) is 5.68. The van der Waals surface area contributed by atoms with Gasteiger partial charge in [-0.25, -0.2) is 4.39 Å². The van der Waals surface area contributed by atoms with E-state index in [9.17, 15) is 14.3 Å². The van der Waals surface area contributed by atoms with Gasteiger partial charge >= 0.3 is 0 Å². The van der Waals surface area contributed by atoms with Gasteiger partial charge in [0.2, 0.25) is 0 Å². The first kappa shape index (κ1) is 19.5. The van der Waals surface area contributed by atoms with Gasteiger partial charge in [-0.1, -0.05) is 32.4 Å². The summed E-state index contributed by atoms with van der Waals surface area (Å²) in [6.45, 7) is 5.58. The molecule has 0 aliphatic heterocycles. The maximum atomic E-state index is 12.9. The second kappa shape index (κ2) is 9.60. The molecule has 1 aromatic carbocycles. The van der Waals surface area contributed by atoms with E-state index in [4.69, 9.17) is 5.41 Å². The van der Waals surface area contributed by atoms with Crippen LogP contribution in [0, 0.1) is 17.1 Å². The molecule has 130 valence electrons. The summed E-state index contributed by atoms with van der Waals surface area (Å²) in [5.74, 6) is -1.22. The van der Waals surface area contributed by atoms with Crippen molar-refractivity contribution in [1.82, 2.24) is 5.32 Å². The molecule has 0 fully saturated rings. The van der Waals surface area contributed by atoms with Crippen LogP contribution in [0.4, 0.5) is 4.39 Å². The van der Waals surface area contributed by atoms with Crippen LogP contribution in [0.5, 0.6) is 0 Å². The zero-order chi connectivity index (χ0) is 18.1. The fraction of sp³-hybridized carbons (Fsp3) is 0.389. The number of hydrogen-bond acceptors (Lipinski definition) is 4. The number of aliphatic hydroxyl groups is 1. The van der Waals surface area contributed by atoms with Gasteiger partial charge < -0.3 is 15.8 Å². The summed E-state index contributed by atoms with van der Waals surface area (Å²) in [7, 11) is 0. The number of allylic oxidation sites excluding steroid dienone is 1. The number of benzene rings is 1. The van der Waals surface area contributed by atoms with Crippen LogP contribution in [-0.2, 0) is 11.3 Å². The molecular weight excluding hydrogens is 309 g/mol. The number of halogens is 1. The molecule has 0 aromatic heterocycles. The number of aliphatic imine (C=N–C) groups is 1. The third-order valence-electron chi connectivity index (χ3n) is 3.36. The monoisotopic (exact) mass is 333 g/mol. The van der Waals surface area contributed by atoms with Crippen LogP contribution in [0.25, 0.3) is 0 Å². The van der Waals surface area contributed by atoms with Gasteiger partial charge in [0.05, 0.1) is 5.71 Å². The first-order valence-corrected chi connectivity index (χ1v) is 7.90. The summed E-state index contributed by atoms with van der Waals surface area (Å²) < 4.78 is 12.9. The highest BCUT2D eigenvalue weighted by atomic mass is 19.1. The zero-order valence-electron chi connectivity index (χ0n) is 14.3. The lowest BCUT2D eigenvalue weighted by Crippen LogP contribution is -2.26. The van der Waals surface area contributed by atoms with Crippen LogP contribution in [0.3, 0.4) is 0 Å². The molecule has 3 N–H and O–H groups in total. The van der Waals surface area contributed by atoms with Gasteiger partial charge in [-0.05, 0) is 37.0 Å². The van der Waals surface area contributed by atoms with Crippen LogP contribution < -0.4 is 5.32 Å². The third-order valence-corrected chi connectivity index (χ3v) is 3.36. The number of amides is 1. The van der Waals surface area contributed by atoms with Crippen molar-refractivity contribution in [1.29, 1.82) is 5.41 Å². The van der Waals surface area contributed by atoms with Crippen molar-refractivity contribution < 1.29 is 14.3 Å². The van der Waals surface area contributed by atoms with Crippen molar-refractivity contribution in [2.24, 2.45) is 10.9 Å². The Hall–Kier alpha value is -2.50. The fourth-order valence-electron chi connectivity index (χ4n) is 2.00. The Morgan fingerprint density at radius 3 is 2.58 bits per heavy atom. The molecule has 24 heavy (non-hydrogen) atoms. The van der Waals surface area contributed by atoms with E-state index >= 15 is 0 Å². The first-order valence-electron chi connectivity index (χ1n) is 7.90. The number of carbonyl (C=O) groups excluding carboxylic acids is 1. The number of aliphatic hydroxyl groups excluding tert-OH is 1. The molecule has 0 radical (unpaired) electrons. The van der Waals surface area contributed by atoms with Crippen LogP contribution in [0.2, 0.25) is 0 Å². The number of carbonyl (C=O) groups is 1. The van der Waals surface area contributed by atoms with E-state index in [1.807, 2.05) is 6.92 Å². The summed E-state index contributed by atoms with van der Waals surface area (Å²) in [6, 6.07) is 5.74. The van der Waals surface area contributed by atoms with Crippen molar-refractivity contribution in [3.8, 4) is 0 Å². The van der Waals surface area contributed by atoms with Crippen LogP contribution in [0.1, 0.15) is 39.2 Å². The minimum absolute atomic E-state index is 0.137. The smallest absolute Gasteiger partial charge is 0.274 e. The van der Waals surface area contributed by atoms with Gasteiger partial charge in [0.15, 0.2) is 11.5 Å². The van der Waals surface area contributed by atoms with Gasteiger partial charge in [0.1, 0.15) is 5.82 Å². The van der Waals surface area contributed by atoms with E-state index < -0.39 is 11.7 Å². The highest BCUT2D eigenvalue weighted by Crippen LogP contribution is 2.09. The third kappa shape index (κ3) is 6.32. The molecule has 0 heterocycles. The maximum Gasteiger partial charge on any atom is 0.274 e. The highest BCUT2D eigenvalue weighted by Gasteiger charge is 2.16. The molecule has 0 saturated heterocycles. The van der Waals surface area contributed by atoms with Crippen molar-refractivity contribution in [3.05, 3.63) is 47.1 Å². The molecule has 1 aromatic rings. The zero-order valence-corrected chi connectivity index (χ0v) is 14.3. The molecule has 0 aliphatic carbocycles. The maximum absolute atomic E-state index is 12.9. The van der Waals surface area contributed by atoms with Gasteiger partial charge in [-0.15, -0.1) is 0 Å². The molecule has 0 spiro atoms. The minimum Gasteiger partial charge on any atom is -0.504 e. The van der Waals surface area contributed by atoms with Crippen molar-refractivity contribution in [2.45, 2.75) is 40.2 Å². The molecule has 1 rings (SSSR count). The first-order chi connectivity index (χ1) is 11.3. The quantitative estimate of drug-likeness (QED) is 0.384.